The number of amides is 1. The molecule has 6 heteroatoms. The van der Waals surface area contributed by atoms with Crippen molar-refractivity contribution in [3.8, 4) is 17.6 Å². The number of aromatic hydroxyl groups is 1. The summed E-state index contributed by atoms with van der Waals surface area (Å²) >= 11 is 0. The number of para-hydroxylation sites is 2. The first-order chi connectivity index (χ1) is 13.2. The molecule has 1 heterocycles. The molecule has 1 fully saturated rings. The van der Waals surface area contributed by atoms with Gasteiger partial charge in [-0.15, -0.1) is 0 Å². The van der Waals surface area contributed by atoms with Gasteiger partial charge >= 0.3 is 0 Å². The van der Waals surface area contributed by atoms with Gasteiger partial charge in [-0.2, -0.15) is 5.26 Å². The van der Waals surface area contributed by atoms with E-state index in [9.17, 15) is 9.90 Å². The second-order valence-electron chi connectivity index (χ2n) is 6.58. The van der Waals surface area contributed by atoms with Crippen molar-refractivity contribution in [3.63, 3.8) is 0 Å². The molecule has 6 nitrogen and oxygen atoms in total. The van der Waals surface area contributed by atoms with Crippen LogP contribution in [0.5, 0.6) is 11.5 Å². The lowest BCUT2D eigenvalue weighted by molar-refractivity contribution is -0.133. The molecule has 0 aliphatic carbocycles. The summed E-state index contributed by atoms with van der Waals surface area (Å²) in [6, 6.07) is 16.4. The van der Waals surface area contributed by atoms with Gasteiger partial charge in [0.25, 0.3) is 5.91 Å². The molecular weight excluding hydrogens is 342 g/mol. The lowest BCUT2D eigenvalue weighted by atomic mass is 10.1. The van der Waals surface area contributed by atoms with Gasteiger partial charge in [-0.1, -0.05) is 24.3 Å². The van der Waals surface area contributed by atoms with Crippen molar-refractivity contribution in [2.75, 3.05) is 32.8 Å². The predicted octanol–water partition coefficient (Wildman–Crippen LogP) is 2.38. The third-order valence-electron chi connectivity index (χ3n) is 4.65. The van der Waals surface area contributed by atoms with Crippen LogP contribution in [0.2, 0.25) is 0 Å². The number of nitriles is 1. The third-order valence-corrected chi connectivity index (χ3v) is 4.65. The van der Waals surface area contributed by atoms with Gasteiger partial charge in [0.15, 0.2) is 18.1 Å². The van der Waals surface area contributed by atoms with Crippen molar-refractivity contribution in [2.45, 2.75) is 13.0 Å². The molecule has 1 aliphatic rings. The molecule has 0 bridgehead atoms. The molecule has 3 rings (SSSR count). The van der Waals surface area contributed by atoms with E-state index in [-0.39, 0.29) is 18.3 Å². The van der Waals surface area contributed by atoms with Crippen molar-refractivity contribution >= 4 is 5.91 Å². The molecule has 0 unspecified atom stereocenters. The number of nitrogens with zero attached hydrogens (tertiary/aromatic N) is 3. The Bertz CT molecular complexity index is 814. The lowest BCUT2D eigenvalue weighted by Gasteiger charge is -2.22. The van der Waals surface area contributed by atoms with Crippen LogP contribution in [0, 0.1) is 11.3 Å². The van der Waals surface area contributed by atoms with Crippen molar-refractivity contribution in [2.24, 2.45) is 0 Å². The summed E-state index contributed by atoms with van der Waals surface area (Å²) in [7, 11) is 0. The standard InChI is InChI=1S/C21H23N3O3/c22-14-17-6-8-18(9-7-17)15-23-10-3-11-24(13-12-23)21(26)16-27-20-5-2-1-4-19(20)25/h1-2,4-9,25H,3,10-13,15-16H2. The molecule has 0 radical (unpaired) electrons. The number of phenolic OH excluding ortho intramolecular Hbond substituents is 1. The molecule has 1 aliphatic heterocycles. The summed E-state index contributed by atoms with van der Waals surface area (Å²) in [5, 5.41) is 18.6. The molecule has 1 saturated heterocycles. The minimum Gasteiger partial charge on any atom is -0.504 e. The Kier molecular flexibility index (Phi) is 6.29. The maximum Gasteiger partial charge on any atom is 0.260 e. The molecule has 0 spiro atoms. The van der Waals surface area contributed by atoms with E-state index in [4.69, 9.17) is 10.00 Å². The Balaban J connectivity index is 1.49. The first kappa shape index (κ1) is 18.7. The van der Waals surface area contributed by atoms with Gasteiger partial charge in [-0.05, 0) is 36.2 Å². The van der Waals surface area contributed by atoms with Gasteiger partial charge in [0.05, 0.1) is 11.6 Å². The molecule has 0 saturated carbocycles. The number of hydrogen-bond acceptors (Lipinski definition) is 5. The normalized spacial score (nSPS) is 15.0. The van der Waals surface area contributed by atoms with Crippen LogP contribution in [0.15, 0.2) is 48.5 Å². The highest BCUT2D eigenvalue weighted by molar-refractivity contribution is 5.77. The van der Waals surface area contributed by atoms with Crippen LogP contribution >= 0.6 is 0 Å². The number of carbonyl (C=O) groups excluding carboxylic acids is 1. The average molecular weight is 365 g/mol. The Hall–Kier alpha value is -3.04. The van der Waals surface area contributed by atoms with Crippen molar-refractivity contribution in [1.82, 2.24) is 9.80 Å². The Morgan fingerprint density at radius 1 is 1.07 bits per heavy atom. The topological polar surface area (TPSA) is 76.8 Å². The minimum atomic E-state index is -0.0762. The van der Waals surface area contributed by atoms with Crippen molar-refractivity contribution in [1.29, 1.82) is 5.26 Å². The fourth-order valence-electron chi connectivity index (χ4n) is 3.13. The van der Waals surface area contributed by atoms with Gasteiger partial charge in [0.1, 0.15) is 0 Å². The summed E-state index contributed by atoms with van der Waals surface area (Å²) in [6.07, 6.45) is 0.901. The SMILES string of the molecule is N#Cc1ccc(CN2CCCN(C(=O)COc3ccccc3O)CC2)cc1. The predicted molar refractivity (Wildman–Crippen MR) is 101 cm³/mol. The largest absolute Gasteiger partial charge is 0.504 e. The second-order valence-corrected chi connectivity index (χ2v) is 6.58. The number of carbonyl (C=O) groups is 1. The zero-order valence-electron chi connectivity index (χ0n) is 15.2. The molecule has 1 amide bonds. The zero-order chi connectivity index (χ0) is 19.1. The van der Waals surface area contributed by atoms with Gasteiger partial charge in [0, 0.05) is 32.7 Å². The average Bonchev–Trinajstić information content (AvgIpc) is 2.93. The van der Waals surface area contributed by atoms with E-state index >= 15 is 0 Å². The van der Waals surface area contributed by atoms with Gasteiger partial charge < -0.3 is 14.7 Å². The molecule has 0 aromatic heterocycles. The molecule has 2 aromatic carbocycles. The van der Waals surface area contributed by atoms with E-state index < -0.39 is 0 Å². The number of rotatable bonds is 5. The van der Waals surface area contributed by atoms with Crippen LogP contribution in [0.4, 0.5) is 0 Å². The highest BCUT2D eigenvalue weighted by Gasteiger charge is 2.20. The van der Waals surface area contributed by atoms with Crippen LogP contribution in [-0.4, -0.2) is 53.6 Å². The Labute approximate surface area is 159 Å². The fourth-order valence-corrected chi connectivity index (χ4v) is 3.13. The zero-order valence-corrected chi connectivity index (χ0v) is 15.2. The summed E-state index contributed by atoms with van der Waals surface area (Å²) in [6.45, 7) is 3.80. The Morgan fingerprint density at radius 2 is 1.85 bits per heavy atom. The first-order valence-corrected chi connectivity index (χ1v) is 9.05. The molecule has 2 aromatic rings. The number of benzene rings is 2. The van der Waals surface area contributed by atoms with Crippen LogP contribution in [0.1, 0.15) is 17.5 Å². The van der Waals surface area contributed by atoms with E-state index in [1.807, 2.05) is 29.2 Å². The number of ether oxygens (including phenoxy) is 1. The van der Waals surface area contributed by atoms with Crippen molar-refractivity contribution in [3.05, 3.63) is 59.7 Å². The fraction of sp³-hybridized carbons (Fsp3) is 0.333. The van der Waals surface area contributed by atoms with Gasteiger partial charge in [0.2, 0.25) is 0 Å². The van der Waals surface area contributed by atoms with Crippen LogP contribution in [0.25, 0.3) is 0 Å². The summed E-state index contributed by atoms with van der Waals surface area (Å²) in [4.78, 5) is 16.6. The summed E-state index contributed by atoms with van der Waals surface area (Å²) in [5.74, 6) is 0.288. The highest BCUT2D eigenvalue weighted by Crippen LogP contribution is 2.24. The van der Waals surface area contributed by atoms with E-state index in [1.165, 1.54) is 6.07 Å². The highest BCUT2D eigenvalue weighted by atomic mass is 16.5. The smallest absolute Gasteiger partial charge is 0.260 e. The summed E-state index contributed by atoms with van der Waals surface area (Å²) < 4.78 is 5.46. The van der Waals surface area contributed by atoms with E-state index in [2.05, 4.69) is 11.0 Å². The monoisotopic (exact) mass is 365 g/mol. The van der Waals surface area contributed by atoms with E-state index in [0.29, 0.717) is 24.4 Å². The number of phenols is 1. The number of hydrogen-bond donors (Lipinski definition) is 1. The van der Waals surface area contributed by atoms with Crippen LogP contribution < -0.4 is 4.74 Å². The van der Waals surface area contributed by atoms with E-state index in [0.717, 1.165) is 31.6 Å². The Morgan fingerprint density at radius 3 is 2.59 bits per heavy atom. The molecule has 0 atom stereocenters. The first-order valence-electron chi connectivity index (χ1n) is 9.05. The van der Waals surface area contributed by atoms with Gasteiger partial charge in [-0.3, -0.25) is 9.69 Å². The third kappa shape index (κ3) is 5.22. The molecular formula is C21H23N3O3. The van der Waals surface area contributed by atoms with Crippen LogP contribution in [-0.2, 0) is 11.3 Å². The molecule has 140 valence electrons. The van der Waals surface area contributed by atoms with Gasteiger partial charge in [-0.25, -0.2) is 0 Å². The second kappa shape index (κ2) is 9.06. The maximum absolute atomic E-state index is 12.4. The van der Waals surface area contributed by atoms with Crippen molar-refractivity contribution < 1.29 is 14.6 Å². The molecule has 27 heavy (non-hydrogen) atoms. The molecule has 1 N–H and O–H groups in total. The maximum atomic E-state index is 12.4. The lowest BCUT2D eigenvalue weighted by Crippen LogP contribution is -2.38. The minimum absolute atomic E-state index is 0.0368. The quantitative estimate of drug-likeness (QED) is 0.880. The summed E-state index contributed by atoms with van der Waals surface area (Å²) in [5.41, 5.74) is 1.83. The van der Waals surface area contributed by atoms with Crippen LogP contribution in [0.3, 0.4) is 0 Å². The van der Waals surface area contributed by atoms with E-state index in [1.54, 1.807) is 18.2 Å².